The van der Waals surface area contributed by atoms with Gasteiger partial charge in [-0.15, -0.1) is 5.10 Å². The number of benzene rings is 1. The Balaban J connectivity index is 1.24. The number of cyclic esters (lactones) is 1. The number of aliphatic hydroxyl groups excluding tert-OH is 3. The van der Waals surface area contributed by atoms with E-state index in [4.69, 9.17) is 33.2 Å². The van der Waals surface area contributed by atoms with E-state index in [1.54, 1.807) is 54.8 Å². The lowest BCUT2D eigenvalue weighted by Crippen LogP contribution is -2.61. The monoisotopic (exact) mass is 1110 g/mol. The highest BCUT2D eigenvalue weighted by molar-refractivity contribution is 7.99. The third kappa shape index (κ3) is 15.1. The quantitative estimate of drug-likeness (QED) is 0.140. The summed E-state index contributed by atoms with van der Waals surface area (Å²) in [5.74, 6) is -0.611. The van der Waals surface area contributed by atoms with Gasteiger partial charge in [-0.25, -0.2) is 9.07 Å². The van der Waals surface area contributed by atoms with E-state index in [0.29, 0.717) is 31.6 Å². The molecule has 20 atom stereocenters. The van der Waals surface area contributed by atoms with Crippen LogP contribution in [0, 0.1) is 17.8 Å². The Morgan fingerprint density at radius 1 is 0.961 bits per heavy atom. The number of anilines is 1. The molecule has 19 nitrogen and oxygen atoms in total. The molecule has 4 aliphatic rings. The van der Waals surface area contributed by atoms with Crippen molar-refractivity contribution in [1.29, 1.82) is 0 Å². The zero-order valence-corrected chi connectivity index (χ0v) is 49.2. The minimum atomic E-state index is -1.85. The van der Waals surface area contributed by atoms with Crippen LogP contribution >= 0.6 is 11.8 Å². The number of esters is 1. The van der Waals surface area contributed by atoms with Crippen molar-refractivity contribution < 1.29 is 67.9 Å². The summed E-state index contributed by atoms with van der Waals surface area (Å²) in [4.78, 5) is 20.9. The van der Waals surface area contributed by atoms with E-state index in [1.165, 1.54) is 18.7 Å². The number of methoxy groups -OCH3 is 2. The molecule has 0 saturated carbocycles. The lowest BCUT2D eigenvalue weighted by atomic mass is 9.77. The standard InChI is InChI=1S/C56H95FN6O13S/c1-15-44-56(10,69)49(65)37(6)61(12)31-33(2)28-54(8,68)51(35(4)47(36(5)52(67)74-44)75-45-29-55(9,71-14)50(66)38(7)73-45)76-53-46(64)42(27-34(3)72-53)60(11)23-21-40-32-63(59-58-40)43(30-57)48(70-13)39-17-19-41(20-18-39)62-22-16-25-77-26-24-62/h17-20,32-38,42-51,53,64-66,68-69H,15-16,21-31H2,1-14H3/t33-,34-,35+,36-,37-,38+,42+,43-,44-,45+,46-,47+,48-,49-,50+,51-,53+,54-,55-,56-/m1/s1. The van der Waals surface area contributed by atoms with Crippen LogP contribution in [-0.4, -0.2) is 219 Å². The molecule has 5 heterocycles. The van der Waals surface area contributed by atoms with E-state index >= 15 is 0 Å². The van der Waals surface area contributed by atoms with Crippen LogP contribution in [0.3, 0.4) is 0 Å². The molecule has 0 aliphatic carbocycles. The van der Waals surface area contributed by atoms with Crippen molar-refractivity contribution >= 4 is 23.4 Å². The van der Waals surface area contributed by atoms with E-state index < -0.39 is 127 Å². The molecular weight excluding hydrogens is 1020 g/mol. The molecule has 0 spiro atoms. The van der Waals surface area contributed by atoms with Gasteiger partial charge in [0.25, 0.3) is 0 Å². The predicted molar refractivity (Wildman–Crippen MR) is 292 cm³/mol. The van der Waals surface area contributed by atoms with Crippen molar-refractivity contribution in [1.82, 2.24) is 24.8 Å². The van der Waals surface area contributed by atoms with Gasteiger partial charge in [-0.2, -0.15) is 11.8 Å². The van der Waals surface area contributed by atoms with E-state index in [1.807, 2.05) is 68.6 Å². The summed E-state index contributed by atoms with van der Waals surface area (Å²) in [7, 11) is 6.81. The summed E-state index contributed by atoms with van der Waals surface area (Å²) in [6.45, 7) is 19.6. The first-order chi connectivity index (χ1) is 36.3. The summed E-state index contributed by atoms with van der Waals surface area (Å²) in [6.07, 6.45) is -6.69. The van der Waals surface area contributed by atoms with Gasteiger partial charge in [0.05, 0.1) is 47.2 Å². The number of halogens is 1. The van der Waals surface area contributed by atoms with Crippen molar-refractivity contribution in [2.45, 2.75) is 210 Å². The smallest absolute Gasteiger partial charge is 0.311 e. The molecule has 4 fully saturated rings. The van der Waals surface area contributed by atoms with Crippen LogP contribution in [-0.2, 0) is 44.4 Å². The molecule has 440 valence electrons. The molecule has 5 N–H and O–H groups in total. The largest absolute Gasteiger partial charge is 0.459 e. The molecule has 21 heteroatoms. The number of thioether (sulfide) groups is 1. The Morgan fingerprint density at radius 2 is 1.66 bits per heavy atom. The molecule has 77 heavy (non-hydrogen) atoms. The van der Waals surface area contributed by atoms with Gasteiger partial charge in [0.2, 0.25) is 0 Å². The average Bonchev–Trinajstić information content (AvgIpc) is 3.70. The molecule has 0 bridgehead atoms. The molecular formula is C56H95FN6O13S. The van der Waals surface area contributed by atoms with Gasteiger partial charge >= 0.3 is 5.97 Å². The number of hydrogen-bond acceptors (Lipinski definition) is 19. The number of carbonyl (C=O) groups is 1. The minimum absolute atomic E-state index is 0.0883. The summed E-state index contributed by atoms with van der Waals surface area (Å²) in [5, 5.41) is 68.8. The first kappa shape index (κ1) is 63.6. The van der Waals surface area contributed by atoms with Gasteiger partial charge < -0.3 is 73.4 Å². The van der Waals surface area contributed by atoms with Crippen LogP contribution in [0.25, 0.3) is 0 Å². The van der Waals surface area contributed by atoms with Crippen molar-refractivity contribution in [2.24, 2.45) is 17.8 Å². The Bertz CT molecular complexity index is 2120. The van der Waals surface area contributed by atoms with Crippen molar-refractivity contribution in [3.8, 4) is 0 Å². The van der Waals surface area contributed by atoms with Gasteiger partial charge in [0.15, 0.2) is 12.6 Å². The second kappa shape index (κ2) is 27.4. The number of rotatable bonds is 16. The zero-order chi connectivity index (χ0) is 56.7. The lowest BCUT2D eigenvalue weighted by Gasteiger charge is -2.49. The lowest BCUT2D eigenvalue weighted by molar-refractivity contribution is -0.318. The van der Waals surface area contributed by atoms with E-state index in [0.717, 1.165) is 42.3 Å². The average molecular weight is 1110 g/mol. The van der Waals surface area contributed by atoms with Gasteiger partial charge in [-0.05, 0) is 118 Å². The number of hydrogen-bond donors (Lipinski definition) is 5. The van der Waals surface area contributed by atoms with Crippen LogP contribution in [0.2, 0.25) is 0 Å². The maximum atomic E-state index is 15.0. The topological polar surface area (TPSA) is 223 Å². The number of carbonyl (C=O) groups excluding carboxylic acids is 1. The minimum Gasteiger partial charge on any atom is -0.459 e. The van der Waals surface area contributed by atoms with E-state index in [-0.39, 0.29) is 25.2 Å². The number of aliphatic hydroxyl groups is 5. The predicted octanol–water partition coefficient (Wildman–Crippen LogP) is 4.95. The van der Waals surface area contributed by atoms with Crippen molar-refractivity contribution in [2.75, 3.05) is 77.6 Å². The molecule has 2 aromatic rings. The molecule has 1 aromatic heterocycles. The number of likely N-dealkylation sites (N-methyl/N-ethyl adjacent to an activating group) is 2. The van der Waals surface area contributed by atoms with Gasteiger partial charge in [0, 0.05) is 88.9 Å². The summed E-state index contributed by atoms with van der Waals surface area (Å²) < 4.78 is 60.8. The van der Waals surface area contributed by atoms with Gasteiger partial charge in [-0.3, -0.25) is 4.79 Å². The summed E-state index contributed by atoms with van der Waals surface area (Å²) in [5.41, 5.74) is -1.97. The van der Waals surface area contributed by atoms with Crippen LogP contribution in [0.15, 0.2) is 30.5 Å². The molecule has 0 unspecified atom stereocenters. The SMILES string of the molecule is CC[C@H]1OC(=O)[C@H](C)[C@@H](O[C@H]2C[C@@](C)(OC)[C@@H](O)[C@H](C)O2)[C@H](C)[C@@H](O[C@@H]2O[C@H](C)C[C@H](N(C)CCc3cn([C@H](CF)[C@H](OC)c4ccc(N5CCCSCC5)cc4)nn3)[C@H]2O)[C@](C)(O)C[C@@H](C)CN(C)[C@H](C)[C@@H](O)[C@]1(C)O. The number of aromatic nitrogens is 3. The first-order valence-corrected chi connectivity index (χ1v) is 29.1. The summed E-state index contributed by atoms with van der Waals surface area (Å²) in [6, 6.07) is 6.33. The van der Waals surface area contributed by atoms with Crippen LogP contribution in [0.1, 0.15) is 125 Å². The molecule has 4 saturated heterocycles. The highest BCUT2D eigenvalue weighted by Crippen LogP contribution is 2.41. The molecule has 1 aromatic carbocycles. The van der Waals surface area contributed by atoms with Gasteiger partial charge in [0.1, 0.15) is 48.8 Å². The van der Waals surface area contributed by atoms with Crippen LogP contribution in [0.4, 0.5) is 10.1 Å². The molecule has 6 rings (SSSR count). The second-order valence-electron chi connectivity index (χ2n) is 23.5. The van der Waals surface area contributed by atoms with Gasteiger partial charge in [-0.1, -0.05) is 38.1 Å². The third-order valence-electron chi connectivity index (χ3n) is 17.3. The third-order valence-corrected chi connectivity index (χ3v) is 18.3. The second-order valence-corrected chi connectivity index (χ2v) is 24.8. The Morgan fingerprint density at radius 3 is 2.31 bits per heavy atom. The maximum absolute atomic E-state index is 15.0. The Labute approximate surface area is 461 Å². The van der Waals surface area contributed by atoms with Crippen LogP contribution in [0.5, 0.6) is 0 Å². The summed E-state index contributed by atoms with van der Waals surface area (Å²) >= 11 is 1.97. The van der Waals surface area contributed by atoms with Crippen molar-refractivity contribution in [3.63, 3.8) is 0 Å². The zero-order valence-electron chi connectivity index (χ0n) is 48.4. The van der Waals surface area contributed by atoms with E-state index in [9.17, 15) is 34.7 Å². The number of nitrogens with zero attached hydrogens (tertiary/aromatic N) is 6. The fraction of sp³-hybridized carbons (Fsp3) is 0.839. The highest BCUT2D eigenvalue weighted by Gasteiger charge is 2.53. The Hall–Kier alpha value is -2.61. The maximum Gasteiger partial charge on any atom is 0.311 e. The molecule has 0 amide bonds. The Kier molecular flexibility index (Phi) is 22.7. The normalized spacial score (nSPS) is 39.6. The van der Waals surface area contributed by atoms with Crippen molar-refractivity contribution in [3.05, 3.63) is 41.7 Å². The number of ether oxygens (including phenoxy) is 7. The fourth-order valence-corrected chi connectivity index (χ4v) is 13.3. The first-order valence-electron chi connectivity index (χ1n) is 28.0. The van der Waals surface area contributed by atoms with E-state index in [2.05, 4.69) is 27.3 Å². The fourth-order valence-electron chi connectivity index (χ4n) is 12.4. The molecule has 4 aliphatic heterocycles. The number of alkyl halides is 1. The molecule has 0 radical (unpaired) electrons. The highest BCUT2D eigenvalue weighted by atomic mass is 32.2. The van der Waals surface area contributed by atoms with Crippen LogP contribution < -0.4 is 4.90 Å².